The van der Waals surface area contributed by atoms with Gasteiger partial charge in [-0.1, -0.05) is 23.2 Å². The lowest BCUT2D eigenvalue weighted by atomic mass is 9.90. The van der Waals surface area contributed by atoms with Crippen LogP contribution in [0, 0.1) is 5.92 Å². The number of amides is 1. The zero-order valence-corrected chi connectivity index (χ0v) is 15.5. The first-order valence-corrected chi connectivity index (χ1v) is 8.24. The lowest BCUT2D eigenvalue weighted by Crippen LogP contribution is -2.49. The number of carbonyl (C=O) groups is 1. The van der Waals surface area contributed by atoms with Gasteiger partial charge in [0, 0.05) is 30.2 Å². The first kappa shape index (κ1) is 20.5. The fourth-order valence-electron chi connectivity index (χ4n) is 2.85. The van der Waals surface area contributed by atoms with Crippen molar-refractivity contribution in [1.82, 2.24) is 4.90 Å². The predicted octanol–water partition coefficient (Wildman–Crippen LogP) is 3.17. The summed E-state index contributed by atoms with van der Waals surface area (Å²) in [6, 6.07) is 4.99. The molecule has 7 heteroatoms. The van der Waals surface area contributed by atoms with E-state index in [9.17, 15) is 4.79 Å². The molecule has 0 aromatic heterocycles. The molecule has 1 aromatic carbocycles. The Hall–Kier alpha value is -0.520. The summed E-state index contributed by atoms with van der Waals surface area (Å²) in [7, 11) is 1.55. The van der Waals surface area contributed by atoms with E-state index in [0.717, 1.165) is 42.9 Å². The van der Waals surface area contributed by atoms with Crippen LogP contribution in [0.5, 0.6) is 0 Å². The van der Waals surface area contributed by atoms with Gasteiger partial charge in [-0.2, -0.15) is 0 Å². The van der Waals surface area contributed by atoms with E-state index in [4.69, 9.17) is 33.7 Å². The number of ether oxygens (including phenoxy) is 1. The van der Waals surface area contributed by atoms with Crippen LogP contribution in [0.25, 0.3) is 0 Å². The van der Waals surface area contributed by atoms with Gasteiger partial charge in [-0.05, 0) is 48.9 Å². The molecule has 1 unspecified atom stereocenters. The SMILES string of the molecule is COCC(N)C(=O)N1CCC(Cc2cc(Cl)ccc2Cl)CC1.Cl. The Morgan fingerprint density at radius 2 is 2.04 bits per heavy atom. The maximum Gasteiger partial charge on any atom is 0.241 e. The Balaban J connectivity index is 0.00000264. The molecule has 1 saturated heterocycles. The van der Waals surface area contributed by atoms with Gasteiger partial charge in [0.1, 0.15) is 6.04 Å². The molecule has 0 saturated carbocycles. The molecule has 1 aromatic rings. The molecule has 1 aliphatic rings. The number of halogens is 3. The molecular weight excluding hydrogens is 359 g/mol. The average Bonchev–Trinajstić information content (AvgIpc) is 2.51. The van der Waals surface area contributed by atoms with Crippen LogP contribution in [0.4, 0.5) is 0 Å². The molecule has 0 aliphatic carbocycles. The second-order valence-corrected chi connectivity index (χ2v) is 6.61. The minimum absolute atomic E-state index is 0. The van der Waals surface area contributed by atoms with Gasteiger partial charge < -0.3 is 15.4 Å². The van der Waals surface area contributed by atoms with E-state index in [1.807, 2.05) is 17.0 Å². The van der Waals surface area contributed by atoms with Crippen LogP contribution in [-0.4, -0.2) is 43.7 Å². The number of nitrogens with zero attached hydrogens (tertiary/aromatic N) is 1. The maximum absolute atomic E-state index is 12.1. The van der Waals surface area contributed by atoms with Crippen LogP contribution in [0.15, 0.2) is 18.2 Å². The fourth-order valence-corrected chi connectivity index (χ4v) is 3.24. The number of methoxy groups -OCH3 is 1. The van der Waals surface area contributed by atoms with Gasteiger partial charge in [0.25, 0.3) is 0 Å². The van der Waals surface area contributed by atoms with E-state index < -0.39 is 6.04 Å². The van der Waals surface area contributed by atoms with Gasteiger partial charge in [0.2, 0.25) is 5.91 Å². The van der Waals surface area contributed by atoms with Gasteiger partial charge in [0.15, 0.2) is 0 Å². The molecule has 2 rings (SSSR count). The maximum atomic E-state index is 12.1. The summed E-state index contributed by atoms with van der Waals surface area (Å²) >= 11 is 12.2. The first-order valence-electron chi connectivity index (χ1n) is 7.48. The highest BCUT2D eigenvalue weighted by Gasteiger charge is 2.26. The average molecular weight is 382 g/mol. The molecule has 1 heterocycles. The summed E-state index contributed by atoms with van der Waals surface area (Å²) in [6.07, 6.45) is 2.80. The highest BCUT2D eigenvalue weighted by molar-refractivity contribution is 6.33. The number of benzene rings is 1. The molecule has 2 N–H and O–H groups in total. The van der Waals surface area contributed by atoms with E-state index in [1.165, 1.54) is 0 Å². The zero-order valence-electron chi connectivity index (χ0n) is 13.1. The Morgan fingerprint density at radius 1 is 1.39 bits per heavy atom. The Labute approximate surface area is 153 Å². The summed E-state index contributed by atoms with van der Waals surface area (Å²) in [5.74, 6) is 0.486. The number of carbonyl (C=O) groups excluding carboxylic acids is 1. The predicted molar refractivity (Wildman–Crippen MR) is 96.6 cm³/mol. The quantitative estimate of drug-likeness (QED) is 0.852. The number of rotatable bonds is 5. The lowest BCUT2D eigenvalue weighted by molar-refractivity contribution is -0.135. The second-order valence-electron chi connectivity index (χ2n) is 5.77. The minimum Gasteiger partial charge on any atom is -0.383 e. The number of hydrogen-bond donors (Lipinski definition) is 1. The zero-order chi connectivity index (χ0) is 16.1. The molecule has 23 heavy (non-hydrogen) atoms. The number of nitrogens with two attached hydrogens (primary N) is 1. The molecule has 1 fully saturated rings. The highest BCUT2D eigenvalue weighted by Crippen LogP contribution is 2.27. The summed E-state index contributed by atoms with van der Waals surface area (Å²) in [5.41, 5.74) is 6.88. The van der Waals surface area contributed by atoms with Crippen LogP contribution in [-0.2, 0) is 16.0 Å². The third kappa shape index (κ3) is 5.80. The summed E-state index contributed by atoms with van der Waals surface area (Å²) in [5, 5.41) is 1.46. The number of hydrogen-bond acceptors (Lipinski definition) is 3. The van der Waals surface area contributed by atoms with Crippen LogP contribution in [0.3, 0.4) is 0 Å². The Bertz CT molecular complexity index is 520. The topological polar surface area (TPSA) is 55.6 Å². The number of likely N-dealkylation sites (tertiary alicyclic amines) is 1. The largest absolute Gasteiger partial charge is 0.383 e. The van der Waals surface area contributed by atoms with Crippen molar-refractivity contribution in [3.63, 3.8) is 0 Å². The summed E-state index contributed by atoms with van der Waals surface area (Å²) in [6.45, 7) is 1.73. The van der Waals surface area contributed by atoms with E-state index >= 15 is 0 Å². The molecule has 1 atom stereocenters. The summed E-state index contributed by atoms with van der Waals surface area (Å²) < 4.78 is 4.94. The fraction of sp³-hybridized carbons (Fsp3) is 0.562. The molecule has 4 nitrogen and oxygen atoms in total. The Kier molecular flexibility index (Phi) is 8.65. The van der Waals surface area contributed by atoms with Gasteiger partial charge >= 0.3 is 0 Å². The van der Waals surface area contributed by atoms with Crippen molar-refractivity contribution in [3.05, 3.63) is 33.8 Å². The smallest absolute Gasteiger partial charge is 0.241 e. The van der Waals surface area contributed by atoms with Gasteiger partial charge in [-0.15, -0.1) is 12.4 Å². The minimum atomic E-state index is -0.566. The van der Waals surface area contributed by atoms with Crippen molar-refractivity contribution < 1.29 is 9.53 Å². The van der Waals surface area contributed by atoms with Gasteiger partial charge in [0.05, 0.1) is 6.61 Å². The number of piperidine rings is 1. The third-order valence-corrected chi connectivity index (χ3v) is 4.71. The van der Waals surface area contributed by atoms with Crippen molar-refractivity contribution >= 4 is 41.5 Å². The molecule has 0 spiro atoms. The molecule has 1 aliphatic heterocycles. The van der Waals surface area contributed by atoms with E-state index in [1.54, 1.807) is 13.2 Å². The molecule has 1 amide bonds. The van der Waals surface area contributed by atoms with Gasteiger partial charge in [-0.25, -0.2) is 0 Å². The van der Waals surface area contributed by atoms with Gasteiger partial charge in [-0.3, -0.25) is 4.79 Å². The lowest BCUT2D eigenvalue weighted by Gasteiger charge is -2.33. The molecular formula is C16H23Cl3N2O2. The second kappa shape index (κ2) is 9.70. The molecule has 0 bridgehead atoms. The molecule has 130 valence electrons. The molecule has 0 radical (unpaired) electrons. The Morgan fingerprint density at radius 3 is 2.65 bits per heavy atom. The van der Waals surface area contributed by atoms with Crippen LogP contribution in [0.1, 0.15) is 18.4 Å². The van der Waals surface area contributed by atoms with Crippen LogP contribution in [0.2, 0.25) is 10.0 Å². The van der Waals surface area contributed by atoms with Crippen LogP contribution < -0.4 is 5.73 Å². The van der Waals surface area contributed by atoms with E-state index in [0.29, 0.717) is 10.9 Å². The van der Waals surface area contributed by atoms with Crippen molar-refractivity contribution in [2.75, 3.05) is 26.8 Å². The van der Waals surface area contributed by atoms with Crippen molar-refractivity contribution in [2.45, 2.75) is 25.3 Å². The highest BCUT2D eigenvalue weighted by atomic mass is 35.5. The standard InChI is InChI=1S/C16H22Cl2N2O2.ClH/c1-22-10-15(19)16(21)20-6-4-11(5-7-20)8-12-9-13(17)2-3-14(12)18;/h2-3,9,11,15H,4-8,10,19H2,1H3;1H. The van der Waals surface area contributed by atoms with Crippen LogP contribution >= 0.6 is 35.6 Å². The van der Waals surface area contributed by atoms with E-state index in [2.05, 4.69) is 0 Å². The van der Waals surface area contributed by atoms with Crippen molar-refractivity contribution in [2.24, 2.45) is 11.7 Å². The summed E-state index contributed by atoms with van der Waals surface area (Å²) in [4.78, 5) is 14.0. The van der Waals surface area contributed by atoms with E-state index in [-0.39, 0.29) is 24.9 Å². The third-order valence-electron chi connectivity index (χ3n) is 4.11. The van der Waals surface area contributed by atoms with Crippen molar-refractivity contribution in [3.8, 4) is 0 Å². The normalized spacial score (nSPS) is 16.8. The van der Waals surface area contributed by atoms with Crippen molar-refractivity contribution in [1.29, 1.82) is 0 Å². The first-order chi connectivity index (χ1) is 10.5. The monoisotopic (exact) mass is 380 g/mol.